The van der Waals surface area contributed by atoms with Crippen molar-refractivity contribution in [2.75, 3.05) is 18.4 Å². The van der Waals surface area contributed by atoms with E-state index < -0.39 is 0 Å². The molecule has 24 heavy (non-hydrogen) atoms. The molecule has 2 aromatic heterocycles. The lowest BCUT2D eigenvalue weighted by molar-refractivity contribution is 0.0954. The summed E-state index contributed by atoms with van der Waals surface area (Å²) in [7, 11) is 0. The summed E-state index contributed by atoms with van der Waals surface area (Å²) in [6, 6.07) is 10.9. The molecule has 0 radical (unpaired) electrons. The van der Waals surface area contributed by atoms with Crippen molar-refractivity contribution in [3.05, 3.63) is 65.2 Å². The Morgan fingerprint density at radius 3 is 2.83 bits per heavy atom. The van der Waals surface area contributed by atoms with Crippen molar-refractivity contribution in [2.24, 2.45) is 0 Å². The fraction of sp³-hybridized carbons (Fsp3) is 0.125. The number of anilines is 1. The van der Waals surface area contributed by atoms with Gasteiger partial charge in [0.2, 0.25) is 0 Å². The van der Waals surface area contributed by atoms with Crippen LogP contribution in [0.2, 0.25) is 0 Å². The monoisotopic (exact) mass is 386 g/mol. The van der Waals surface area contributed by atoms with Gasteiger partial charge >= 0.3 is 0 Å². The first-order valence-electron chi connectivity index (χ1n) is 7.33. The van der Waals surface area contributed by atoms with Gasteiger partial charge in [-0.25, -0.2) is 14.6 Å². The predicted molar refractivity (Wildman–Crippen MR) is 94.1 cm³/mol. The SMILES string of the molecule is O=C(NCCNc1cc(-n2cccn2)ncn1)c1ccccc1Br. The Kier molecular flexibility index (Phi) is 5.17. The van der Waals surface area contributed by atoms with Crippen molar-refractivity contribution in [1.29, 1.82) is 0 Å². The Hall–Kier alpha value is -2.74. The van der Waals surface area contributed by atoms with Crippen molar-refractivity contribution < 1.29 is 4.79 Å². The molecular formula is C16H15BrN6O. The highest BCUT2D eigenvalue weighted by Crippen LogP contribution is 2.15. The highest BCUT2D eigenvalue weighted by atomic mass is 79.9. The van der Waals surface area contributed by atoms with E-state index in [0.29, 0.717) is 30.3 Å². The quantitative estimate of drug-likeness (QED) is 0.634. The van der Waals surface area contributed by atoms with Crippen LogP contribution in [-0.2, 0) is 0 Å². The average molecular weight is 387 g/mol. The van der Waals surface area contributed by atoms with Gasteiger partial charge in [-0.05, 0) is 34.1 Å². The maximum atomic E-state index is 12.1. The maximum Gasteiger partial charge on any atom is 0.252 e. The number of halogens is 1. The van der Waals surface area contributed by atoms with Gasteiger partial charge in [-0.15, -0.1) is 0 Å². The summed E-state index contributed by atoms with van der Waals surface area (Å²) in [5.41, 5.74) is 0.612. The fourth-order valence-electron chi connectivity index (χ4n) is 2.08. The number of hydrogen-bond donors (Lipinski definition) is 2. The van der Waals surface area contributed by atoms with Gasteiger partial charge in [-0.2, -0.15) is 5.10 Å². The highest BCUT2D eigenvalue weighted by Gasteiger charge is 2.08. The molecule has 0 saturated heterocycles. The van der Waals surface area contributed by atoms with Crippen LogP contribution in [0.5, 0.6) is 0 Å². The number of benzene rings is 1. The number of hydrogen-bond acceptors (Lipinski definition) is 5. The third-order valence-corrected chi connectivity index (χ3v) is 3.92. The molecule has 0 unspecified atom stereocenters. The number of carbonyl (C=O) groups is 1. The average Bonchev–Trinajstić information content (AvgIpc) is 3.14. The van der Waals surface area contributed by atoms with E-state index in [1.165, 1.54) is 6.33 Å². The second kappa shape index (κ2) is 7.69. The molecule has 1 amide bonds. The third-order valence-electron chi connectivity index (χ3n) is 3.23. The summed E-state index contributed by atoms with van der Waals surface area (Å²) in [5, 5.41) is 10.1. The smallest absolute Gasteiger partial charge is 0.252 e. The number of nitrogens with zero attached hydrogens (tertiary/aromatic N) is 4. The van der Waals surface area contributed by atoms with Gasteiger partial charge in [-0.3, -0.25) is 4.79 Å². The van der Waals surface area contributed by atoms with Crippen LogP contribution in [0.1, 0.15) is 10.4 Å². The van der Waals surface area contributed by atoms with E-state index in [0.717, 1.165) is 4.47 Å². The van der Waals surface area contributed by atoms with Gasteiger partial charge < -0.3 is 10.6 Å². The van der Waals surface area contributed by atoms with E-state index in [9.17, 15) is 4.79 Å². The maximum absolute atomic E-state index is 12.1. The zero-order chi connectivity index (χ0) is 16.8. The Bertz CT molecular complexity index is 821. The lowest BCUT2D eigenvalue weighted by Crippen LogP contribution is -2.29. The summed E-state index contributed by atoms with van der Waals surface area (Å²) < 4.78 is 2.43. The molecule has 2 heterocycles. The molecule has 1 aromatic carbocycles. The number of amides is 1. The van der Waals surface area contributed by atoms with E-state index in [2.05, 4.69) is 41.6 Å². The van der Waals surface area contributed by atoms with Gasteiger partial charge in [0.15, 0.2) is 5.82 Å². The van der Waals surface area contributed by atoms with Crippen molar-refractivity contribution >= 4 is 27.7 Å². The molecule has 122 valence electrons. The summed E-state index contributed by atoms with van der Waals surface area (Å²) in [4.78, 5) is 20.4. The standard InChI is InChI=1S/C16H15BrN6O/c17-13-5-2-1-4-12(13)16(24)19-8-7-18-14-10-15(21-11-20-14)23-9-3-6-22-23/h1-6,9-11H,7-8H2,(H,19,24)(H,18,20,21). The number of nitrogens with one attached hydrogen (secondary N) is 2. The topological polar surface area (TPSA) is 84.7 Å². The summed E-state index contributed by atoms with van der Waals surface area (Å²) in [6.45, 7) is 1.02. The largest absolute Gasteiger partial charge is 0.368 e. The molecule has 3 aromatic rings. The molecule has 0 aliphatic carbocycles. The molecule has 0 spiro atoms. The zero-order valence-electron chi connectivity index (χ0n) is 12.7. The molecule has 7 nitrogen and oxygen atoms in total. The van der Waals surface area contributed by atoms with E-state index in [-0.39, 0.29) is 5.91 Å². The lowest BCUT2D eigenvalue weighted by Gasteiger charge is -2.09. The van der Waals surface area contributed by atoms with Crippen LogP contribution in [0.25, 0.3) is 5.82 Å². The lowest BCUT2D eigenvalue weighted by atomic mass is 10.2. The Morgan fingerprint density at radius 1 is 1.17 bits per heavy atom. The van der Waals surface area contributed by atoms with Crippen LogP contribution < -0.4 is 10.6 Å². The Balaban J connectivity index is 1.51. The second-order valence-corrected chi connectivity index (χ2v) is 5.73. The van der Waals surface area contributed by atoms with Crippen LogP contribution >= 0.6 is 15.9 Å². The summed E-state index contributed by atoms with van der Waals surface area (Å²) >= 11 is 3.37. The molecule has 8 heteroatoms. The van der Waals surface area contributed by atoms with Crippen molar-refractivity contribution in [2.45, 2.75) is 0 Å². The minimum Gasteiger partial charge on any atom is -0.368 e. The van der Waals surface area contributed by atoms with Crippen LogP contribution in [-0.4, -0.2) is 38.7 Å². The normalized spacial score (nSPS) is 10.4. The van der Waals surface area contributed by atoms with Gasteiger partial charge in [-0.1, -0.05) is 12.1 Å². The van der Waals surface area contributed by atoms with Gasteiger partial charge in [0.25, 0.3) is 5.91 Å². The van der Waals surface area contributed by atoms with Gasteiger partial charge in [0.1, 0.15) is 12.1 Å². The molecular weight excluding hydrogens is 372 g/mol. The highest BCUT2D eigenvalue weighted by molar-refractivity contribution is 9.10. The first-order chi connectivity index (χ1) is 11.7. The van der Waals surface area contributed by atoms with Gasteiger partial charge in [0, 0.05) is 36.0 Å². The zero-order valence-corrected chi connectivity index (χ0v) is 14.3. The van der Waals surface area contributed by atoms with Crippen molar-refractivity contribution in [3.63, 3.8) is 0 Å². The molecule has 0 saturated carbocycles. The first kappa shape index (κ1) is 16.1. The van der Waals surface area contributed by atoms with Crippen LogP contribution in [0.4, 0.5) is 5.82 Å². The van der Waals surface area contributed by atoms with E-state index in [4.69, 9.17) is 0 Å². The summed E-state index contributed by atoms with van der Waals surface area (Å²) in [5.74, 6) is 1.23. The van der Waals surface area contributed by atoms with Crippen LogP contribution in [0.15, 0.2) is 59.6 Å². The molecule has 0 bridgehead atoms. The first-order valence-corrected chi connectivity index (χ1v) is 8.12. The van der Waals surface area contributed by atoms with E-state index in [1.807, 2.05) is 30.5 Å². The minimum atomic E-state index is -0.121. The molecule has 0 aliphatic rings. The molecule has 0 aliphatic heterocycles. The molecule has 2 N–H and O–H groups in total. The predicted octanol–water partition coefficient (Wildman–Crippen LogP) is 2.27. The van der Waals surface area contributed by atoms with Crippen LogP contribution in [0.3, 0.4) is 0 Å². The van der Waals surface area contributed by atoms with Gasteiger partial charge in [0.05, 0.1) is 5.56 Å². The van der Waals surface area contributed by atoms with Crippen molar-refractivity contribution in [3.8, 4) is 5.82 Å². The molecule has 0 fully saturated rings. The third kappa shape index (κ3) is 3.96. The Labute approximate surface area is 147 Å². The number of aromatic nitrogens is 4. The van der Waals surface area contributed by atoms with Crippen molar-refractivity contribution in [1.82, 2.24) is 25.1 Å². The molecule has 0 atom stereocenters. The Morgan fingerprint density at radius 2 is 2.04 bits per heavy atom. The minimum absolute atomic E-state index is 0.121. The number of rotatable bonds is 6. The number of carbonyl (C=O) groups excluding carboxylic acids is 1. The summed E-state index contributed by atoms with van der Waals surface area (Å²) in [6.07, 6.45) is 4.97. The molecule has 3 rings (SSSR count). The second-order valence-electron chi connectivity index (χ2n) is 4.87. The van der Waals surface area contributed by atoms with E-state index >= 15 is 0 Å². The van der Waals surface area contributed by atoms with E-state index in [1.54, 1.807) is 23.0 Å². The fourth-order valence-corrected chi connectivity index (χ4v) is 2.55. The van der Waals surface area contributed by atoms with Crippen LogP contribution in [0, 0.1) is 0 Å².